The third-order valence-corrected chi connectivity index (χ3v) is 5.70. The Hall–Kier alpha value is -2.47. The first kappa shape index (κ1) is 18.3. The summed E-state index contributed by atoms with van der Waals surface area (Å²) in [5, 5.41) is 2.75. The summed E-state index contributed by atoms with van der Waals surface area (Å²) in [6.07, 6.45) is 3.25. The van der Waals surface area contributed by atoms with E-state index in [2.05, 4.69) is 5.32 Å². The predicted octanol–water partition coefficient (Wildman–Crippen LogP) is 3.10. The number of aryl methyl sites for hydroxylation is 2. The highest BCUT2D eigenvalue weighted by Crippen LogP contribution is 2.24. The highest BCUT2D eigenvalue weighted by atomic mass is 32.2. The van der Waals surface area contributed by atoms with Gasteiger partial charge in [0.15, 0.2) is 6.61 Å². The van der Waals surface area contributed by atoms with Gasteiger partial charge < -0.3 is 10.1 Å². The molecule has 0 radical (unpaired) electrons. The fraction of sp³-hybridized carbons (Fsp3) is 0.300. The number of ether oxygens (including phenoxy) is 1. The average molecular weight is 371 g/mol. The van der Waals surface area contributed by atoms with Gasteiger partial charge in [-0.25, -0.2) is 4.79 Å². The summed E-state index contributed by atoms with van der Waals surface area (Å²) in [6, 6.07) is 12.5. The molecule has 0 fully saturated rings. The number of nitrogens with one attached hydrogen (secondary N) is 1. The van der Waals surface area contributed by atoms with E-state index in [1.54, 1.807) is 31.2 Å². The van der Waals surface area contributed by atoms with E-state index in [4.69, 9.17) is 4.74 Å². The van der Waals surface area contributed by atoms with Crippen LogP contribution in [0.3, 0.4) is 0 Å². The van der Waals surface area contributed by atoms with E-state index < -0.39 is 22.7 Å². The van der Waals surface area contributed by atoms with Crippen LogP contribution >= 0.6 is 0 Å². The molecule has 0 spiro atoms. The van der Waals surface area contributed by atoms with Gasteiger partial charge in [-0.15, -0.1) is 0 Å². The van der Waals surface area contributed by atoms with Crippen molar-refractivity contribution in [1.82, 2.24) is 0 Å². The van der Waals surface area contributed by atoms with Gasteiger partial charge in [0.05, 0.1) is 21.3 Å². The molecular weight excluding hydrogens is 350 g/mol. The molecule has 1 aliphatic carbocycles. The molecule has 1 atom stereocenters. The molecule has 0 aliphatic heterocycles. The molecule has 0 saturated carbocycles. The summed E-state index contributed by atoms with van der Waals surface area (Å²) in [4.78, 5) is 24.8. The molecule has 1 N–H and O–H groups in total. The minimum atomic E-state index is -1.27. The highest BCUT2D eigenvalue weighted by Gasteiger charge is 2.17. The van der Waals surface area contributed by atoms with Crippen LogP contribution in [0.5, 0.6) is 0 Å². The second-order valence-corrected chi connectivity index (χ2v) is 7.80. The van der Waals surface area contributed by atoms with Crippen molar-refractivity contribution >= 4 is 28.4 Å². The van der Waals surface area contributed by atoms with Crippen LogP contribution < -0.4 is 5.32 Å². The predicted molar refractivity (Wildman–Crippen MR) is 101 cm³/mol. The fourth-order valence-corrected chi connectivity index (χ4v) is 3.98. The summed E-state index contributed by atoms with van der Waals surface area (Å²) in [5.41, 5.74) is 3.53. The van der Waals surface area contributed by atoms with Gasteiger partial charge >= 0.3 is 5.97 Å². The summed E-state index contributed by atoms with van der Waals surface area (Å²) in [5.74, 6) is -0.639. The van der Waals surface area contributed by atoms with Crippen molar-refractivity contribution in [2.45, 2.75) is 31.1 Å². The lowest BCUT2D eigenvalue weighted by Crippen LogP contribution is -2.21. The Bertz CT molecular complexity index is 863. The number of hydrogen-bond donors (Lipinski definition) is 1. The molecule has 2 aromatic rings. The first-order valence-electron chi connectivity index (χ1n) is 8.64. The molecule has 2 aromatic carbocycles. The number of fused-ring (bicyclic) bond motifs is 1. The number of carbonyl (C=O) groups is 2. The first-order valence-corrected chi connectivity index (χ1v) is 9.96. The molecule has 0 bridgehead atoms. The SMILES string of the molecule is CC[S@](=O)c1ccccc1C(=O)OCC(=O)Nc1ccc2c(c1)CCC2. The second-order valence-electron chi connectivity index (χ2n) is 6.09. The maximum atomic E-state index is 12.3. The lowest BCUT2D eigenvalue weighted by molar-refractivity contribution is -0.119. The Labute approximate surface area is 155 Å². The van der Waals surface area contributed by atoms with E-state index in [0.29, 0.717) is 16.3 Å². The Morgan fingerprint density at radius 2 is 1.88 bits per heavy atom. The minimum absolute atomic E-state index is 0.234. The molecule has 26 heavy (non-hydrogen) atoms. The van der Waals surface area contributed by atoms with Crippen molar-refractivity contribution in [3.05, 3.63) is 59.2 Å². The van der Waals surface area contributed by atoms with Gasteiger partial charge in [0.2, 0.25) is 0 Å². The van der Waals surface area contributed by atoms with Crippen LogP contribution in [0.4, 0.5) is 5.69 Å². The van der Waals surface area contributed by atoms with Crippen LogP contribution in [-0.2, 0) is 33.2 Å². The molecular formula is C20H21NO4S. The quantitative estimate of drug-likeness (QED) is 0.792. The number of hydrogen-bond acceptors (Lipinski definition) is 4. The lowest BCUT2D eigenvalue weighted by atomic mass is 10.1. The lowest BCUT2D eigenvalue weighted by Gasteiger charge is -2.10. The number of benzene rings is 2. The van der Waals surface area contributed by atoms with Gasteiger partial charge in [-0.1, -0.05) is 25.1 Å². The molecule has 1 aliphatic rings. The molecule has 1 amide bonds. The monoisotopic (exact) mass is 371 g/mol. The van der Waals surface area contributed by atoms with Gasteiger partial charge in [-0.05, 0) is 54.7 Å². The summed E-state index contributed by atoms with van der Waals surface area (Å²) in [6.45, 7) is 1.39. The summed E-state index contributed by atoms with van der Waals surface area (Å²) < 4.78 is 17.1. The third kappa shape index (κ3) is 4.19. The van der Waals surface area contributed by atoms with Crippen LogP contribution in [-0.4, -0.2) is 28.4 Å². The van der Waals surface area contributed by atoms with Crippen LogP contribution in [0.2, 0.25) is 0 Å². The molecule has 0 aromatic heterocycles. The number of amides is 1. The van der Waals surface area contributed by atoms with Crippen LogP contribution in [0, 0.1) is 0 Å². The molecule has 0 unspecified atom stereocenters. The van der Waals surface area contributed by atoms with E-state index in [9.17, 15) is 13.8 Å². The molecule has 0 heterocycles. The van der Waals surface area contributed by atoms with E-state index in [1.165, 1.54) is 11.1 Å². The van der Waals surface area contributed by atoms with Crippen LogP contribution in [0.15, 0.2) is 47.4 Å². The van der Waals surface area contributed by atoms with Gasteiger partial charge in [0.1, 0.15) is 0 Å². The highest BCUT2D eigenvalue weighted by molar-refractivity contribution is 7.85. The number of esters is 1. The maximum absolute atomic E-state index is 12.3. The third-order valence-electron chi connectivity index (χ3n) is 4.33. The number of anilines is 1. The van der Waals surface area contributed by atoms with Crippen molar-refractivity contribution in [3.63, 3.8) is 0 Å². The van der Waals surface area contributed by atoms with Crippen molar-refractivity contribution in [3.8, 4) is 0 Å². The number of rotatable bonds is 6. The maximum Gasteiger partial charge on any atom is 0.339 e. The van der Waals surface area contributed by atoms with Crippen LogP contribution in [0.25, 0.3) is 0 Å². The summed E-state index contributed by atoms with van der Waals surface area (Å²) in [7, 11) is -1.27. The van der Waals surface area contributed by atoms with Crippen molar-refractivity contribution in [2.24, 2.45) is 0 Å². The molecule has 3 rings (SSSR count). The minimum Gasteiger partial charge on any atom is -0.452 e. The van der Waals surface area contributed by atoms with E-state index in [1.807, 2.05) is 18.2 Å². The Balaban J connectivity index is 1.59. The van der Waals surface area contributed by atoms with E-state index >= 15 is 0 Å². The normalized spacial score (nSPS) is 13.7. The Kier molecular flexibility index (Phi) is 5.83. The van der Waals surface area contributed by atoms with Crippen molar-refractivity contribution < 1.29 is 18.5 Å². The standard InChI is InChI=1S/C20H21NO4S/c1-2-26(24)18-9-4-3-8-17(18)20(23)25-13-19(22)21-16-11-10-14-6-5-7-15(14)12-16/h3-4,8-12H,2,5-7,13H2,1H3,(H,21,22)/t26-/m0/s1. The van der Waals surface area contributed by atoms with E-state index in [-0.39, 0.29) is 12.2 Å². The van der Waals surface area contributed by atoms with Crippen molar-refractivity contribution in [2.75, 3.05) is 17.7 Å². The fourth-order valence-electron chi connectivity index (χ4n) is 3.04. The van der Waals surface area contributed by atoms with Gasteiger partial charge in [-0.3, -0.25) is 9.00 Å². The van der Waals surface area contributed by atoms with E-state index in [0.717, 1.165) is 19.3 Å². The summed E-state index contributed by atoms with van der Waals surface area (Å²) >= 11 is 0. The smallest absolute Gasteiger partial charge is 0.339 e. The zero-order valence-electron chi connectivity index (χ0n) is 14.6. The van der Waals surface area contributed by atoms with Gasteiger partial charge in [0.25, 0.3) is 5.91 Å². The zero-order chi connectivity index (χ0) is 18.5. The molecule has 0 saturated heterocycles. The average Bonchev–Trinajstić information content (AvgIpc) is 3.13. The Morgan fingerprint density at radius 1 is 1.12 bits per heavy atom. The van der Waals surface area contributed by atoms with Crippen LogP contribution in [0.1, 0.15) is 34.8 Å². The first-order chi connectivity index (χ1) is 12.6. The van der Waals surface area contributed by atoms with Crippen molar-refractivity contribution in [1.29, 1.82) is 0 Å². The Morgan fingerprint density at radius 3 is 2.69 bits per heavy atom. The van der Waals surface area contributed by atoms with Gasteiger partial charge in [0, 0.05) is 11.4 Å². The van der Waals surface area contributed by atoms with Gasteiger partial charge in [-0.2, -0.15) is 0 Å². The second kappa shape index (κ2) is 8.27. The molecule has 136 valence electrons. The molecule has 6 heteroatoms. The largest absolute Gasteiger partial charge is 0.452 e. The molecule has 5 nitrogen and oxygen atoms in total. The number of carbonyl (C=O) groups excluding carboxylic acids is 2. The zero-order valence-corrected chi connectivity index (χ0v) is 15.4. The topological polar surface area (TPSA) is 72.5 Å².